The van der Waals surface area contributed by atoms with Gasteiger partial charge in [-0.1, -0.05) is 40.2 Å². The number of hydrogen-bond acceptors (Lipinski definition) is 5. The molecule has 3 aromatic carbocycles. The Morgan fingerprint density at radius 3 is 2.67 bits per heavy atom. The molecular weight excluding hydrogens is 492 g/mol. The van der Waals surface area contributed by atoms with Crippen molar-refractivity contribution >= 4 is 43.2 Å². The highest BCUT2D eigenvalue weighted by Gasteiger charge is 2.46. The van der Waals surface area contributed by atoms with Crippen molar-refractivity contribution in [2.45, 2.75) is 25.3 Å². The highest BCUT2D eigenvalue weighted by Crippen LogP contribution is 2.51. The summed E-state index contributed by atoms with van der Waals surface area (Å²) in [6.45, 7) is 1.93. The van der Waals surface area contributed by atoms with Crippen LogP contribution in [0.15, 0.2) is 64.5 Å². The van der Waals surface area contributed by atoms with Crippen LogP contribution in [0.4, 0.5) is 5.13 Å². The summed E-state index contributed by atoms with van der Waals surface area (Å²) in [6.07, 6.45) is 3.11. The number of nitrogens with two attached hydrogens (primary N) is 1. The van der Waals surface area contributed by atoms with Crippen LogP contribution < -0.4 is 10.6 Å². The van der Waals surface area contributed by atoms with Gasteiger partial charge in [0.2, 0.25) is 0 Å². The van der Waals surface area contributed by atoms with Crippen molar-refractivity contribution in [1.29, 1.82) is 5.26 Å². The molecule has 0 amide bonds. The third-order valence-corrected chi connectivity index (χ3v) is 8.83. The predicted molar refractivity (Wildman–Crippen MR) is 138 cm³/mol. The van der Waals surface area contributed by atoms with E-state index < -0.39 is 0 Å². The molecule has 0 radical (unpaired) electrons. The fourth-order valence-electron chi connectivity index (χ4n) is 5.48. The third-order valence-electron chi connectivity index (χ3n) is 7.43. The van der Waals surface area contributed by atoms with Crippen molar-refractivity contribution in [2.75, 3.05) is 18.0 Å². The topological polar surface area (TPSA) is 65.9 Å². The summed E-state index contributed by atoms with van der Waals surface area (Å²) in [5.41, 5.74) is 12.2. The molecule has 2 N–H and O–H groups in total. The van der Waals surface area contributed by atoms with Crippen molar-refractivity contribution in [3.05, 3.63) is 81.1 Å². The van der Waals surface area contributed by atoms with Gasteiger partial charge in [-0.25, -0.2) is 4.98 Å². The minimum atomic E-state index is 0.00689. The molecule has 6 rings (SSSR count). The van der Waals surface area contributed by atoms with Crippen LogP contribution in [-0.4, -0.2) is 18.1 Å². The average Bonchev–Trinajstić information content (AvgIpc) is 3.43. The van der Waals surface area contributed by atoms with Crippen molar-refractivity contribution in [3.63, 3.8) is 0 Å². The van der Waals surface area contributed by atoms with Crippen LogP contribution in [0.5, 0.6) is 0 Å². The van der Waals surface area contributed by atoms with E-state index in [2.05, 4.69) is 74.7 Å². The Kier molecular flexibility index (Phi) is 5.02. The summed E-state index contributed by atoms with van der Waals surface area (Å²) in [5.74, 6) is 0. The lowest BCUT2D eigenvalue weighted by Crippen LogP contribution is -2.44. The van der Waals surface area contributed by atoms with Crippen LogP contribution in [-0.2, 0) is 6.42 Å². The predicted octanol–water partition coefficient (Wildman–Crippen LogP) is 6.44. The molecule has 1 saturated heterocycles. The maximum absolute atomic E-state index is 9.26. The van der Waals surface area contributed by atoms with Gasteiger partial charge in [-0.15, -0.1) is 11.3 Å². The normalized spacial score (nSPS) is 19.1. The lowest BCUT2D eigenvalue weighted by Gasteiger charge is -2.42. The van der Waals surface area contributed by atoms with Crippen LogP contribution in [0.3, 0.4) is 0 Å². The summed E-state index contributed by atoms with van der Waals surface area (Å²) in [7, 11) is 0. The van der Waals surface area contributed by atoms with E-state index in [0.29, 0.717) is 5.56 Å². The first-order chi connectivity index (χ1) is 16.0. The molecule has 1 atom stereocenters. The second kappa shape index (κ2) is 7.95. The van der Waals surface area contributed by atoms with Gasteiger partial charge in [0.1, 0.15) is 0 Å². The molecule has 1 spiro atoms. The number of hydrogen-bond donors (Lipinski definition) is 1. The molecule has 0 bridgehead atoms. The van der Waals surface area contributed by atoms with Crippen LogP contribution in [0.2, 0.25) is 0 Å². The number of nitrogens with zero attached hydrogens (tertiary/aromatic N) is 3. The first kappa shape index (κ1) is 20.9. The lowest BCUT2D eigenvalue weighted by atomic mass is 9.73. The molecule has 2 heterocycles. The largest absolute Gasteiger partial charge is 0.348 e. The zero-order valence-electron chi connectivity index (χ0n) is 18.1. The summed E-state index contributed by atoms with van der Waals surface area (Å²) in [4.78, 5) is 7.40. The van der Waals surface area contributed by atoms with E-state index in [9.17, 15) is 5.26 Å². The monoisotopic (exact) mass is 514 g/mol. The van der Waals surface area contributed by atoms with Gasteiger partial charge in [0, 0.05) is 34.5 Å². The van der Waals surface area contributed by atoms with Crippen molar-refractivity contribution in [1.82, 2.24) is 4.98 Å². The number of fused-ring (bicyclic) bond motifs is 2. The van der Waals surface area contributed by atoms with E-state index in [1.54, 1.807) is 11.3 Å². The number of anilines is 1. The maximum Gasteiger partial charge on any atom is 0.185 e. The molecule has 1 aliphatic heterocycles. The standard InChI is InChI=1S/C27H23BrN4S/c28-22-6-5-18-12-20(4-3-19(18)13-22)24-16-33-26(31-24)32-9-7-27(8-10-32)14-21-2-1-17(15-29)11-23(21)25(27)30/h1-6,11-13,16,25H,7-10,14,30H2/t25-/m1/s1. The molecule has 2 aliphatic rings. The Balaban J connectivity index is 1.19. The maximum atomic E-state index is 9.26. The second-order valence-corrected chi connectivity index (χ2v) is 11.0. The van der Waals surface area contributed by atoms with E-state index in [1.165, 1.54) is 21.9 Å². The van der Waals surface area contributed by atoms with E-state index in [-0.39, 0.29) is 11.5 Å². The van der Waals surface area contributed by atoms with Gasteiger partial charge < -0.3 is 10.6 Å². The van der Waals surface area contributed by atoms with Crippen LogP contribution >= 0.6 is 27.3 Å². The van der Waals surface area contributed by atoms with Gasteiger partial charge in [0.05, 0.1) is 17.3 Å². The minimum absolute atomic E-state index is 0.00689. The van der Waals surface area contributed by atoms with E-state index in [4.69, 9.17) is 10.7 Å². The zero-order valence-corrected chi connectivity index (χ0v) is 20.5. The SMILES string of the molecule is N#Cc1ccc2c(c1)[C@@H](N)C1(CCN(c3nc(-c4ccc5cc(Br)ccc5c4)cs3)CC1)C2. The van der Waals surface area contributed by atoms with Gasteiger partial charge in [-0.05, 0) is 76.9 Å². The Labute approximate surface area is 205 Å². The number of aromatic nitrogens is 1. The number of thiazole rings is 1. The third kappa shape index (κ3) is 3.56. The molecule has 1 aromatic heterocycles. The lowest BCUT2D eigenvalue weighted by molar-refractivity contribution is 0.187. The van der Waals surface area contributed by atoms with Gasteiger partial charge >= 0.3 is 0 Å². The molecule has 6 heteroatoms. The highest BCUT2D eigenvalue weighted by atomic mass is 79.9. The second-order valence-electron chi connectivity index (χ2n) is 9.25. The number of nitriles is 1. The Morgan fingerprint density at radius 2 is 1.85 bits per heavy atom. The van der Waals surface area contributed by atoms with E-state index in [1.807, 2.05) is 12.1 Å². The fourth-order valence-corrected chi connectivity index (χ4v) is 6.75. The molecule has 0 saturated carbocycles. The molecule has 0 unspecified atom stereocenters. The van der Waals surface area contributed by atoms with E-state index in [0.717, 1.165) is 53.2 Å². The molecule has 4 nitrogen and oxygen atoms in total. The number of piperidine rings is 1. The average molecular weight is 515 g/mol. The first-order valence-electron chi connectivity index (χ1n) is 11.2. The Hall–Kier alpha value is -2.72. The molecule has 1 aliphatic carbocycles. The molecule has 33 heavy (non-hydrogen) atoms. The molecule has 164 valence electrons. The van der Waals surface area contributed by atoms with Crippen molar-refractivity contribution in [3.8, 4) is 17.3 Å². The van der Waals surface area contributed by atoms with Crippen LogP contribution in [0, 0.1) is 16.7 Å². The molecular formula is C27H23BrN4S. The summed E-state index contributed by atoms with van der Waals surface area (Å²) in [5, 5.41) is 15.0. The number of rotatable bonds is 2. The smallest absolute Gasteiger partial charge is 0.185 e. The molecule has 4 aromatic rings. The Morgan fingerprint density at radius 1 is 1.06 bits per heavy atom. The van der Waals surface area contributed by atoms with Gasteiger partial charge in [0.15, 0.2) is 5.13 Å². The minimum Gasteiger partial charge on any atom is -0.348 e. The van der Waals surface area contributed by atoms with Crippen LogP contribution in [0.1, 0.15) is 35.6 Å². The van der Waals surface area contributed by atoms with Crippen LogP contribution in [0.25, 0.3) is 22.0 Å². The fraction of sp³-hybridized carbons (Fsp3) is 0.259. The van der Waals surface area contributed by atoms with Gasteiger partial charge in [0.25, 0.3) is 0 Å². The number of benzene rings is 3. The van der Waals surface area contributed by atoms with E-state index >= 15 is 0 Å². The summed E-state index contributed by atoms with van der Waals surface area (Å²) in [6, 6.07) is 21.2. The highest BCUT2D eigenvalue weighted by molar-refractivity contribution is 9.10. The van der Waals surface area contributed by atoms with Gasteiger partial charge in [-0.3, -0.25) is 0 Å². The first-order valence-corrected chi connectivity index (χ1v) is 12.9. The zero-order chi connectivity index (χ0) is 22.6. The molecule has 1 fully saturated rings. The summed E-state index contributed by atoms with van der Waals surface area (Å²) < 4.78 is 1.09. The van der Waals surface area contributed by atoms with Crippen molar-refractivity contribution in [2.24, 2.45) is 11.1 Å². The number of halogens is 1. The quantitative estimate of drug-likeness (QED) is 0.334. The Bertz CT molecular complexity index is 1410. The van der Waals surface area contributed by atoms with Crippen molar-refractivity contribution < 1.29 is 0 Å². The summed E-state index contributed by atoms with van der Waals surface area (Å²) >= 11 is 5.27. The van der Waals surface area contributed by atoms with Gasteiger partial charge in [-0.2, -0.15) is 5.26 Å².